The lowest BCUT2D eigenvalue weighted by Gasteiger charge is -2.34. The number of carbonyl (C=O) groups is 7. The normalized spacial score (nSPS) is 19.8. The van der Waals surface area contributed by atoms with E-state index in [1.165, 1.54) is 0 Å². The molecule has 0 spiro atoms. The molecular formula is C42H36O27. The van der Waals surface area contributed by atoms with Gasteiger partial charge < -0.3 is 99.5 Å². The van der Waals surface area contributed by atoms with E-state index in [1.54, 1.807) is 0 Å². The first-order valence-electron chi connectivity index (χ1n) is 19.5. The minimum atomic E-state index is -2.62. The highest BCUT2D eigenvalue weighted by molar-refractivity contribution is 5.98. The lowest BCUT2D eigenvalue weighted by molar-refractivity contribution is -0.217. The summed E-state index contributed by atoms with van der Waals surface area (Å²) in [6.07, 6.45) is -13.1. The van der Waals surface area contributed by atoms with Crippen LogP contribution < -0.4 is 4.74 Å². The maximum absolute atomic E-state index is 14.6. The molecule has 2 heterocycles. The predicted molar refractivity (Wildman–Crippen MR) is 214 cm³/mol. The van der Waals surface area contributed by atoms with Crippen molar-refractivity contribution < 1.29 is 133 Å². The molecule has 27 nitrogen and oxygen atoms in total. The first kappa shape index (κ1) is 49.3. The third kappa shape index (κ3) is 10.2. The highest BCUT2D eigenvalue weighted by Gasteiger charge is 2.51. The summed E-state index contributed by atoms with van der Waals surface area (Å²) in [5, 5.41) is 132. The number of hydrogen-bond acceptors (Lipinski definition) is 26. The zero-order chi connectivity index (χ0) is 50.9. The van der Waals surface area contributed by atoms with Crippen LogP contribution in [0.25, 0.3) is 0 Å². The summed E-state index contributed by atoms with van der Waals surface area (Å²) >= 11 is 0. The van der Waals surface area contributed by atoms with Crippen LogP contribution in [0.3, 0.4) is 0 Å². The van der Waals surface area contributed by atoms with Gasteiger partial charge in [0.15, 0.2) is 75.5 Å². The number of aliphatic carboxylic acids is 1. The molecule has 2 aliphatic rings. The van der Waals surface area contributed by atoms with Gasteiger partial charge >= 0.3 is 41.8 Å². The number of ether oxygens (including phenoxy) is 7. The van der Waals surface area contributed by atoms with E-state index < -0.39 is 201 Å². The van der Waals surface area contributed by atoms with Crippen molar-refractivity contribution in [2.24, 2.45) is 5.92 Å². The lowest BCUT2D eigenvalue weighted by atomic mass is 9.76. The Morgan fingerprint density at radius 3 is 1.65 bits per heavy atom. The van der Waals surface area contributed by atoms with E-state index >= 15 is 0 Å². The van der Waals surface area contributed by atoms with Crippen molar-refractivity contribution in [2.75, 3.05) is 13.2 Å². The average molecular weight is 973 g/mol. The smallest absolute Gasteiger partial charge is 0.341 e. The van der Waals surface area contributed by atoms with Crippen LogP contribution in [-0.4, -0.2) is 152 Å². The SMILES string of the molecule is CC(COC(=O)c1cc(O)c(O)c(O)c1)OC(OC(=O)c1cc(O)c(O)c(O)c1)C1OC(=O)c2cc(O)c(O)c3c2C(C(O)C(=O)O3)C(CC(=O)O)C(=O)OCC1OC(=O)c1cc(O)c(O)c(O)c1. The highest BCUT2D eigenvalue weighted by Crippen LogP contribution is 2.51. The Kier molecular flexibility index (Phi) is 13.9. The Bertz CT molecular complexity index is 2710. The largest absolute Gasteiger partial charge is 0.504 e. The fraction of sp³-hybridized carbons (Fsp3) is 0.262. The molecule has 4 aromatic carbocycles. The second-order valence-electron chi connectivity index (χ2n) is 15.0. The van der Waals surface area contributed by atoms with Gasteiger partial charge in [-0.15, -0.1) is 0 Å². The van der Waals surface area contributed by atoms with Crippen molar-refractivity contribution in [3.8, 4) is 69.0 Å². The summed E-state index contributed by atoms with van der Waals surface area (Å²) < 4.78 is 38.0. The van der Waals surface area contributed by atoms with Gasteiger partial charge in [-0.3, -0.25) is 9.59 Å². The minimum Gasteiger partial charge on any atom is -0.504 e. The van der Waals surface area contributed by atoms with E-state index in [2.05, 4.69) is 0 Å². The molecule has 366 valence electrons. The average Bonchev–Trinajstić information content (AvgIpc) is 3.30. The van der Waals surface area contributed by atoms with Crippen molar-refractivity contribution in [2.45, 2.75) is 50.0 Å². The summed E-state index contributed by atoms with van der Waals surface area (Å²) in [5.74, 6) is -29.0. The summed E-state index contributed by atoms with van der Waals surface area (Å²) in [6, 6.07) is 4.03. The van der Waals surface area contributed by atoms with Gasteiger partial charge in [-0.1, -0.05) is 0 Å². The van der Waals surface area contributed by atoms with Gasteiger partial charge in [-0.2, -0.15) is 0 Å². The predicted octanol–water partition coefficient (Wildman–Crippen LogP) is 0.656. The number of rotatable bonds is 12. The molecule has 2 aliphatic heterocycles. The van der Waals surface area contributed by atoms with E-state index in [0.717, 1.165) is 6.92 Å². The van der Waals surface area contributed by atoms with Gasteiger partial charge in [0.1, 0.15) is 13.2 Å². The number of hydrogen-bond donors (Lipinski definition) is 13. The molecule has 0 saturated carbocycles. The Morgan fingerprint density at radius 1 is 0.667 bits per heavy atom. The molecule has 0 aromatic heterocycles. The van der Waals surface area contributed by atoms with Gasteiger partial charge in [-0.25, -0.2) is 24.0 Å². The van der Waals surface area contributed by atoms with Crippen molar-refractivity contribution >= 4 is 41.8 Å². The molecule has 0 aliphatic carbocycles. The third-order valence-corrected chi connectivity index (χ3v) is 10.2. The van der Waals surface area contributed by atoms with Crippen LogP contribution in [0.1, 0.15) is 66.3 Å². The number of aromatic hydroxyl groups is 11. The van der Waals surface area contributed by atoms with E-state index in [4.69, 9.17) is 33.2 Å². The van der Waals surface area contributed by atoms with E-state index in [-0.39, 0.29) is 0 Å². The molecule has 6 rings (SSSR count). The molecule has 69 heavy (non-hydrogen) atoms. The van der Waals surface area contributed by atoms with Crippen LogP contribution in [0.2, 0.25) is 0 Å². The monoisotopic (exact) mass is 972 g/mol. The van der Waals surface area contributed by atoms with Gasteiger partial charge in [0.2, 0.25) is 18.1 Å². The molecule has 4 aromatic rings. The van der Waals surface area contributed by atoms with Crippen LogP contribution in [-0.2, 0) is 42.8 Å². The number of carbonyl (C=O) groups excluding carboxylic acids is 6. The van der Waals surface area contributed by atoms with Crippen molar-refractivity contribution in [3.63, 3.8) is 0 Å². The lowest BCUT2D eigenvalue weighted by Crippen LogP contribution is -2.50. The summed E-state index contributed by atoms with van der Waals surface area (Å²) in [6.45, 7) is -1.24. The second-order valence-corrected chi connectivity index (χ2v) is 15.0. The maximum atomic E-state index is 14.6. The summed E-state index contributed by atoms with van der Waals surface area (Å²) in [4.78, 5) is 94.3. The number of carboxylic acid groups (broad SMARTS) is 1. The van der Waals surface area contributed by atoms with Crippen molar-refractivity contribution in [3.05, 3.63) is 70.3 Å². The number of benzene rings is 4. The quantitative estimate of drug-likeness (QED) is 0.0305. The zero-order valence-electron chi connectivity index (χ0n) is 34.7. The van der Waals surface area contributed by atoms with E-state index in [0.29, 0.717) is 42.5 Å². The number of carboxylic acids is 1. The van der Waals surface area contributed by atoms with Gasteiger partial charge in [-0.05, 0) is 49.4 Å². The van der Waals surface area contributed by atoms with Gasteiger partial charge in [0.05, 0.1) is 40.7 Å². The number of cyclic esters (lactones) is 2. The molecule has 0 amide bonds. The zero-order valence-corrected chi connectivity index (χ0v) is 34.7. The number of esters is 6. The second kappa shape index (κ2) is 19.4. The molecule has 7 atom stereocenters. The Balaban J connectivity index is 1.52. The molecule has 0 saturated heterocycles. The van der Waals surface area contributed by atoms with Crippen LogP contribution in [0, 0.1) is 5.92 Å². The van der Waals surface area contributed by atoms with Crippen molar-refractivity contribution in [1.29, 1.82) is 0 Å². The first-order valence-corrected chi connectivity index (χ1v) is 19.5. The van der Waals surface area contributed by atoms with Gasteiger partial charge in [0.25, 0.3) is 0 Å². The van der Waals surface area contributed by atoms with Crippen LogP contribution in [0.4, 0.5) is 0 Å². The molecule has 7 unspecified atom stereocenters. The fourth-order valence-electron chi connectivity index (χ4n) is 6.91. The number of aliphatic hydroxyl groups excluding tert-OH is 1. The molecular weight excluding hydrogens is 936 g/mol. The molecule has 0 fully saturated rings. The Labute approximate surface area is 382 Å². The molecule has 27 heteroatoms. The number of phenols is 11. The van der Waals surface area contributed by atoms with Crippen LogP contribution >= 0.6 is 0 Å². The number of phenolic OH excluding ortho intramolecular Hbond substituents is 11. The summed E-state index contributed by atoms with van der Waals surface area (Å²) in [5.41, 5.74) is -4.00. The third-order valence-electron chi connectivity index (χ3n) is 10.2. The fourth-order valence-corrected chi connectivity index (χ4v) is 6.91. The van der Waals surface area contributed by atoms with Crippen LogP contribution in [0.5, 0.6) is 69.0 Å². The Morgan fingerprint density at radius 2 is 1.14 bits per heavy atom. The molecule has 0 bridgehead atoms. The highest BCUT2D eigenvalue weighted by atomic mass is 16.7. The van der Waals surface area contributed by atoms with Crippen molar-refractivity contribution in [1.82, 2.24) is 0 Å². The maximum Gasteiger partial charge on any atom is 0.341 e. The molecule has 13 N–H and O–H groups in total. The van der Waals surface area contributed by atoms with Gasteiger partial charge in [0, 0.05) is 11.5 Å². The molecule has 0 radical (unpaired) electrons. The topological polar surface area (TPSA) is 447 Å². The first-order chi connectivity index (χ1) is 32.4. The minimum absolute atomic E-state index is 0.446. The van der Waals surface area contributed by atoms with E-state index in [1.807, 2.05) is 0 Å². The Hall–Kier alpha value is -9.11. The van der Waals surface area contributed by atoms with E-state index in [9.17, 15) is 99.9 Å². The van der Waals surface area contributed by atoms with Crippen LogP contribution in [0.15, 0.2) is 42.5 Å². The standard InChI is InChI=1S/C42H36O27/c1-12(10-63-36(57)13-2-18(43)29(52)19(44)3-13)65-42(69-38(59)15-6-22(47)31(54)23(48)7-15)34-25(66-37(58)14-4-20(45)30(53)21(46)5-14)11-64-39(60)17(9-26(50)51)27-28-16(40(61)67-34)8-24(49)32(55)35(28)68-41(62)33(27)56/h2-8,12,17,25,27,33-34,42-49,52-56H,9-11H2,1H3,(H,50,51). The number of aliphatic hydroxyl groups is 1. The summed E-state index contributed by atoms with van der Waals surface area (Å²) in [7, 11) is 0.